The van der Waals surface area contributed by atoms with Crippen LogP contribution in [0.25, 0.3) is 6.08 Å². The largest absolute Gasteiger partial charge is 0.445 e. The van der Waals surface area contributed by atoms with Gasteiger partial charge in [0.25, 0.3) is 0 Å². The summed E-state index contributed by atoms with van der Waals surface area (Å²) < 4.78 is 4.91. The van der Waals surface area contributed by atoms with E-state index in [4.69, 9.17) is 21.3 Å². The van der Waals surface area contributed by atoms with Crippen LogP contribution in [0.3, 0.4) is 0 Å². The van der Waals surface area contributed by atoms with E-state index in [1.807, 2.05) is 6.07 Å². The number of hydrogen-bond acceptors (Lipinski definition) is 2. The molecule has 1 aromatic heterocycles. The SMILES string of the molecule is N#C/C=C/c1ccc(Cl)o1. The van der Waals surface area contributed by atoms with Gasteiger partial charge in [-0.2, -0.15) is 5.26 Å². The third-order valence-corrected chi connectivity index (χ3v) is 1.12. The maximum atomic E-state index is 8.12. The van der Waals surface area contributed by atoms with Crippen LogP contribution in [-0.2, 0) is 0 Å². The molecule has 0 unspecified atom stereocenters. The van der Waals surface area contributed by atoms with Gasteiger partial charge in [0.2, 0.25) is 0 Å². The van der Waals surface area contributed by atoms with Gasteiger partial charge in [-0.15, -0.1) is 0 Å². The van der Waals surface area contributed by atoms with Crippen LogP contribution < -0.4 is 0 Å². The summed E-state index contributed by atoms with van der Waals surface area (Å²) >= 11 is 5.46. The van der Waals surface area contributed by atoms with Gasteiger partial charge in [-0.25, -0.2) is 0 Å². The van der Waals surface area contributed by atoms with Gasteiger partial charge in [-0.3, -0.25) is 0 Å². The van der Waals surface area contributed by atoms with Crippen LogP contribution in [-0.4, -0.2) is 0 Å². The highest BCUT2D eigenvalue weighted by atomic mass is 35.5. The Bertz CT molecular complexity index is 282. The highest BCUT2D eigenvalue weighted by Gasteiger charge is 1.92. The monoisotopic (exact) mass is 153 g/mol. The molecule has 0 fully saturated rings. The fourth-order valence-electron chi connectivity index (χ4n) is 0.537. The number of hydrogen-bond donors (Lipinski definition) is 0. The Morgan fingerprint density at radius 1 is 1.60 bits per heavy atom. The molecular formula is C7H4ClNO. The van der Waals surface area contributed by atoms with Gasteiger partial charge >= 0.3 is 0 Å². The third-order valence-electron chi connectivity index (χ3n) is 0.916. The fraction of sp³-hybridized carbons (Fsp3) is 0. The number of furan rings is 1. The molecule has 0 aliphatic heterocycles. The normalized spacial score (nSPS) is 10.0. The van der Waals surface area contributed by atoms with Crippen molar-refractivity contribution in [3.8, 4) is 6.07 Å². The summed E-state index contributed by atoms with van der Waals surface area (Å²) in [5, 5.41) is 8.45. The fourth-order valence-corrected chi connectivity index (χ4v) is 0.689. The van der Waals surface area contributed by atoms with E-state index in [-0.39, 0.29) is 0 Å². The summed E-state index contributed by atoms with van der Waals surface area (Å²) in [7, 11) is 0. The Labute approximate surface area is 63.3 Å². The van der Waals surface area contributed by atoms with Gasteiger partial charge in [0.1, 0.15) is 5.76 Å². The van der Waals surface area contributed by atoms with E-state index in [1.54, 1.807) is 18.2 Å². The van der Waals surface area contributed by atoms with Gasteiger partial charge < -0.3 is 4.42 Å². The van der Waals surface area contributed by atoms with Crippen molar-refractivity contribution in [1.82, 2.24) is 0 Å². The molecule has 1 aromatic rings. The molecule has 10 heavy (non-hydrogen) atoms. The van der Waals surface area contributed by atoms with Crippen molar-refractivity contribution in [3.63, 3.8) is 0 Å². The number of halogens is 1. The standard InChI is InChI=1S/C7H4ClNO/c8-7-4-3-6(10-7)2-1-5-9/h1-4H/b2-1+. The summed E-state index contributed by atoms with van der Waals surface area (Å²) in [5.74, 6) is 0.589. The second-order valence-corrected chi connectivity index (χ2v) is 1.98. The van der Waals surface area contributed by atoms with Crippen LogP contribution in [0.2, 0.25) is 5.22 Å². The van der Waals surface area contributed by atoms with E-state index < -0.39 is 0 Å². The number of nitrogens with zero attached hydrogens (tertiary/aromatic N) is 1. The predicted octanol–water partition coefficient (Wildman–Crippen LogP) is 2.47. The molecule has 0 amide bonds. The molecule has 0 aliphatic rings. The number of nitriles is 1. The Hall–Kier alpha value is -1.20. The molecule has 50 valence electrons. The number of rotatable bonds is 1. The second-order valence-electron chi connectivity index (χ2n) is 1.60. The van der Waals surface area contributed by atoms with Crippen LogP contribution >= 0.6 is 11.6 Å². The molecule has 0 N–H and O–H groups in total. The van der Waals surface area contributed by atoms with Crippen LogP contribution in [0, 0.1) is 11.3 Å². The molecular weight excluding hydrogens is 150 g/mol. The zero-order valence-electron chi connectivity index (χ0n) is 5.04. The summed E-state index contributed by atoms with van der Waals surface area (Å²) in [6.07, 6.45) is 2.88. The lowest BCUT2D eigenvalue weighted by atomic mass is 10.4. The smallest absolute Gasteiger partial charge is 0.193 e. The summed E-state index contributed by atoms with van der Waals surface area (Å²) in [4.78, 5) is 0. The van der Waals surface area contributed by atoms with E-state index in [9.17, 15) is 0 Å². The van der Waals surface area contributed by atoms with Crippen molar-refractivity contribution in [2.75, 3.05) is 0 Å². The first-order chi connectivity index (χ1) is 4.83. The highest BCUT2D eigenvalue weighted by Crippen LogP contribution is 2.13. The van der Waals surface area contributed by atoms with E-state index in [1.165, 1.54) is 6.08 Å². The van der Waals surface area contributed by atoms with Crippen molar-refractivity contribution in [1.29, 1.82) is 5.26 Å². The van der Waals surface area contributed by atoms with Crippen LogP contribution in [0.1, 0.15) is 5.76 Å². The minimum atomic E-state index is 0.331. The molecule has 0 aromatic carbocycles. The van der Waals surface area contributed by atoms with Crippen LogP contribution in [0.5, 0.6) is 0 Å². The van der Waals surface area contributed by atoms with E-state index in [2.05, 4.69) is 0 Å². The summed E-state index contributed by atoms with van der Waals surface area (Å²) in [5.41, 5.74) is 0. The molecule has 3 heteroatoms. The van der Waals surface area contributed by atoms with E-state index >= 15 is 0 Å². The van der Waals surface area contributed by atoms with Gasteiger partial charge in [-0.1, -0.05) is 0 Å². The van der Waals surface area contributed by atoms with Crippen molar-refractivity contribution in [2.45, 2.75) is 0 Å². The first kappa shape index (κ1) is 6.91. The molecule has 0 spiro atoms. The van der Waals surface area contributed by atoms with Gasteiger partial charge in [0.15, 0.2) is 5.22 Å². The molecule has 0 bridgehead atoms. The minimum absolute atomic E-state index is 0.331. The number of allylic oxidation sites excluding steroid dienone is 1. The first-order valence-corrected chi connectivity index (χ1v) is 3.02. The van der Waals surface area contributed by atoms with Crippen molar-refractivity contribution in [2.24, 2.45) is 0 Å². The lowest BCUT2D eigenvalue weighted by molar-refractivity contribution is 0.559. The predicted molar refractivity (Wildman–Crippen MR) is 38.4 cm³/mol. The van der Waals surface area contributed by atoms with Gasteiger partial charge in [-0.05, 0) is 29.8 Å². The molecule has 1 rings (SSSR count). The Kier molecular flexibility index (Phi) is 2.14. The quantitative estimate of drug-likeness (QED) is 0.582. The minimum Gasteiger partial charge on any atom is -0.445 e. The van der Waals surface area contributed by atoms with Crippen molar-refractivity contribution in [3.05, 3.63) is 29.2 Å². The zero-order valence-corrected chi connectivity index (χ0v) is 5.80. The molecule has 0 radical (unpaired) electrons. The average molecular weight is 154 g/mol. The zero-order chi connectivity index (χ0) is 7.40. The molecule has 0 aliphatic carbocycles. The van der Waals surface area contributed by atoms with Crippen LogP contribution in [0.15, 0.2) is 22.6 Å². The molecule has 0 atom stereocenters. The molecule has 0 saturated heterocycles. The summed E-state index contributed by atoms with van der Waals surface area (Å²) in [6.45, 7) is 0. The lowest BCUT2D eigenvalue weighted by Gasteiger charge is -1.78. The second kappa shape index (κ2) is 3.09. The third kappa shape index (κ3) is 1.64. The molecule has 0 saturated carbocycles. The topological polar surface area (TPSA) is 36.9 Å². The lowest BCUT2D eigenvalue weighted by Crippen LogP contribution is -1.56. The van der Waals surface area contributed by atoms with Crippen molar-refractivity contribution < 1.29 is 4.42 Å². The van der Waals surface area contributed by atoms with Gasteiger partial charge in [0, 0.05) is 6.08 Å². The van der Waals surface area contributed by atoms with E-state index in [0.29, 0.717) is 11.0 Å². The Morgan fingerprint density at radius 2 is 2.40 bits per heavy atom. The van der Waals surface area contributed by atoms with Crippen molar-refractivity contribution >= 4 is 17.7 Å². The Morgan fingerprint density at radius 3 is 2.90 bits per heavy atom. The maximum Gasteiger partial charge on any atom is 0.193 e. The molecule has 1 heterocycles. The maximum absolute atomic E-state index is 8.12. The van der Waals surface area contributed by atoms with E-state index in [0.717, 1.165) is 0 Å². The van der Waals surface area contributed by atoms with Crippen LogP contribution in [0.4, 0.5) is 0 Å². The Balaban J connectivity index is 2.78. The summed E-state index contributed by atoms with van der Waals surface area (Å²) in [6, 6.07) is 5.16. The average Bonchev–Trinajstić information content (AvgIpc) is 2.31. The molecule has 2 nitrogen and oxygen atoms in total. The first-order valence-electron chi connectivity index (χ1n) is 2.64. The highest BCUT2D eigenvalue weighted by molar-refractivity contribution is 6.28. The van der Waals surface area contributed by atoms with Gasteiger partial charge in [0.05, 0.1) is 6.07 Å².